The Bertz CT molecular complexity index is 327. The molecule has 1 saturated carbocycles. The Hall–Kier alpha value is -1.78. The summed E-state index contributed by atoms with van der Waals surface area (Å²) >= 11 is 0. The fraction of sp³-hybridized carbons (Fsp3) is 0.538. The lowest BCUT2D eigenvalue weighted by molar-refractivity contribution is -0.137. The van der Waals surface area contributed by atoms with Crippen LogP contribution in [0.3, 0.4) is 0 Å². The number of carboxylic acids is 1. The van der Waals surface area contributed by atoms with E-state index in [1.54, 1.807) is 12.2 Å². The van der Waals surface area contributed by atoms with Crippen molar-refractivity contribution in [2.75, 3.05) is 13.1 Å². The Morgan fingerprint density at radius 2 is 1.89 bits per heavy atom. The summed E-state index contributed by atoms with van der Waals surface area (Å²) in [6, 6.07) is -0.528. The van der Waals surface area contributed by atoms with Gasteiger partial charge in [0.25, 0.3) is 0 Å². The molecule has 0 aromatic carbocycles. The molecule has 0 aromatic rings. The molecule has 1 rings (SSSR count). The molecule has 0 aromatic heterocycles. The fourth-order valence-electron chi connectivity index (χ4n) is 1.82. The van der Waals surface area contributed by atoms with Crippen LogP contribution in [-0.4, -0.2) is 41.1 Å². The van der Waals surface area contributed by atoms with E-state index in [4.69, 9.17) is 5.11 Å². The molecule has 0 bridgehead atoms. The highest BCUT2D eigenvalue weighted by atomic mass is 16.4. The van der Waals surface area contributed by atoms with Crippen molar-refractivity contribution in [3.05, 3.63) is 25.3 Å². The maximum atomic E-state index is 12.0. The van der Waals surface area contributed by atoms with E-state index in [2.05, 4.69) is 18.5 Å². The zero-order valence-corrected chi connectivity index (χ0v) is 10.5. The summed E-state index contributed by atoms with van der Waals surface area (Å²) < 4.78 is 0. The lowest BCUT2D eigenvalue weighted by atomic mass is 10.1. The molecular weight excluding hydrogens is 232 g/mol. The molecule has 0 heterocycles. The number of hydrogen-bond donors (Lipinski definition) is 2. The molecule has 2 N–H and O–H groups in total. The van der Waals surface area contributed by atoms with Gasteiger partial charge in [-0.15, -0.1) is 13.2 Å². The lowest BCUT2D eigenvalue weighted by Gasteiger charge is -2.24. The summed E-state index contributed by atoms with van der Waals surface area (Å²) in [5.74, 6) is -0.578. The van der Waals surface area contributed by atoms with Crippen LogP contribution in [0.25, 0.3) is 0 Å². The molecular formula is C13H20N2O3. The van der Waals surface area contributed by atoms with E-state index in [9.17, 15) is 9.59 Å². The van der Waals surface area contributed by atoms with Gasteiger partial charge in [0.1, 0.15) is 0 Å². The van der Waals surface area contributed by atoms with E-state index >= 15 is 0 Å². The zero-order valence-electron chi connectivity index (χ0n) is 10.5. The second kappa shape index (κ2) is 6.83. The summed E-state index contributed by atoms with van der Waals surface area (Å²) in [7, 11) is 0. The molecule has 1 unspecified atom stereocenters. The number of carbonyl (C=O) groups is 2. The maximum Gasteiger partial charge on any atom is 0.318 e. The third-order valence-electron chi connectivity index (χ3n) is 2.88. The van der Waals surface area contributed by atoms with Gasteiger partial charge in [-0.1, -0.05) is 12.2 Å². The highest BCUT2D eigenvalue weighted by molar-refractivity contribution is 5.76. The molecule has 1 aliphatic rings. The Labute approximate surface area is 107 Å². The molecule has 1 aliphatic carbocycles. The minimum atomic E-state index is -0.883. The second-order valence-corrected chi connectivity index (χ2v) is 4.47. The minimum absolute atomic E-state index is 0.0214. The second-order valence-electron chi connectivity index (χ2n) is 4.47. The predicted molar refractivity (Wildman–Crippen MR) is 69.3 cm³/mol. The van der Waals surface area contributed by atoms with Gasteiger partial charge in [0, 0.05) is 19.1 Å². The van der Waals surface area contributed by atoms with Gasteiger partial charge in [0.05, 0.1) is 6.42 Å². The van der Waals surface area contributed by atoms with Crippen molar-refractivity contribution in [3.8, 4) is 0 Å². The van der Waals surface area contributed by atoms with E-state index in [0.717, 1.165) is 12.8 Å². The standard InChI is InChI=1S/C13H20N2O3/c1-3-7-15(8-4-2)13(18)14-11(9-12(16)17)10-5-6-10/h3-4,10-11H,1-2,5-9H2,(H,14,18)(H,16,17). The highest BCUT2D eigenvalue weighted by Gasteiger charge is 2.34. The van der Waals surface area contributed by atoms with Crippen LogP contribution in [0.1, 0.15) is 19.3 Å². The fourth-order valence-corrected chi connectivity index (χ4v) is 1.82. The number of amides is 2. The smallest absolute Gasteiger partial charge is 0.318 e. The molecule has 5 heteroatoms. The largest absolute Gasteiger partial charge is 0.481 e. The van der Waals surface area contributed by atoms with Gasteiger partial charge in [0.2, 0.25) is 0 Å². The van der Waals surface area contributed by atoms with Gasteiger partial charge < -0.3 is 15.3 Å². The van der Waals surface area contributed by atoms with Crippen LogP contribution in [0.2, 0.25) is 0 Å². The topological polar surface area (TPSA) is 69.6 Å². The van der Waals surface area contributed by atoms with Gasteiger partial charge in [-0.2, -0.15) is 0 Å². The number of carboxylic acid groups (broad SMARTS) is 1. The monoisotopic (exact) mass is 252 g/mol. The van der Waals surface area contributed by atoms with Crippen molar-refractivity contribution in [1.29, 1.82) is 0 Å². The highest BCUT2D eigenvalue weighted by Crippen LogP contribution is 2.34. The third-order valence-corrected chi connectivity index (χ3v) is 2.88. The van der Waals surface area contributed by atoms with Crippen molar-refractivity contribution in [2.24, 2.45) is 5.92 Å². The van der Waals surface area contributed by atoms with Gasteiger partial charge in [-0.3, -0.25) is 4.79 Å². The average molecular weight is 252 g/mol. The molecule has 0 saturated heterocycles. The van der Waals surface area contributed by atoms with E-state index in [1.807, 2.05) is 0 Å². The maximum absolute atomic E-state index is 12.0. The van der Waals surface area contributed by atoms with Gasteiger partial charge in [-0.25, -0.2) is 4.79 Å². The van der Waals surface area contributed by atoms with Gasteiger partial charge in [-0.05, 0) is 18.8 Å². The van der Waals surface area contributed by atoms with Crippen molar-refractivity contribution in [3.63, 3.8) is 0 Å². The molecule has 18 heavy (non-hydrogen) atoms. The van der Waals surface area contributed by atoms with Crippen LogP contribution in [0.5, 0.6) is 0 Å². The first kappa shape index (κ1) is 14.3. The van der Waals surface area contributed by atoms with E-state index in [1.165, 1.54) is 4.90 Å². The van der Waals surface area contributed by atoms with Crippen molar-refractivity contribution < 1.29 is 14.7 Å². The van der Waals surface area contributed by atoms with E-state index < -0.39 is 5.97 Å². The molecule has 0 aliphatic heterocycles. The van der Waals surface area contributed by atoms with Crippen LogP contribution in [0, 0.1) is 5.92 Å². The normalized spacial score (nSPS) is 15.6. The molecule has 100 valence electrons. The van der Waals surface area contributed by atoms with Crippen molar-refractivity contribution >= 4 is 12.0 Å². The van der Waals surface area contributed by atoms with Gasteiger partial charge >= 0.3 is 12.0 Å². The number of carbonyl (C=O) groups excluding carboxylic acids is 1. The Morgan fingerprint density at radius 3 is 2.28 bits per heavy atom. The summed E-state index contributed by atoms with van der Waals surface area (Å²) in [4.78, 5) is 24.3. The van der Waals surface area contributed by atoms with Crippen LogP contribution in [0.15, 0.2) is 25.3 Å². The van der Waals surface area contributed by atoms with Crippen LogP contribution < -0.4 is 5.32 Å². The number of urea groups is 1. The predicted octanol–water partition coefficient (Wildman–Crippen LogP) is 1.62. The SMILES string of the molecule is C=CCN(CC=C)C(=O)NC(CC(=O)O)C1CC1. The molecule has 0 radical (unpaired) electrons. The molecule has 5 nitrogen and oxygen atoms in total. The summed E-state index contributed by atoms with van der Waals surface area (Å²) in [5.41, 5.74) is 0. The van der Waals surface area contributed by atoms with E-state index in [-0.39, 0.29) is 18.5 Å². The Morgan fingerprint density at radius 1 is 1.33 bits per heavy atom. The van der Waals surface area contributed by atoms with Crippen molar-refractivity contribution in [1.82, 2.24) is 10.2 Å². The van der Waals surface area contributed by atoms with Crippen LogP contribution >= 0.6 is 0 Å². The molecule has 1 fully saturated rings. The van der Waals surface area contributed by atoms with Crippen molar-refractivity contribution in [2.45, 2.75) is 25.3 Å². The number of hydrogen-bond acceptors (Lipinski definition) is 2. The van der Waals surface area contributed by atoms with Crippen LogP contribution in [0.4, 0.5) is 4.79 Å². The van der Waals surface area contributed by atoms with Crippen LogP contribution in [-0.2, 0) is 4.79 Å². The third kappa shape index (κ3) is 4.61. The van der Waals surface area contributed by atoms with E-state index in [0.29, 0.717) is 19.0 Å². The number of nitrogens with one attached hydrogen (secondary N) is 1. The first-order valence-corrected chi connectivity index (χ1v) is 6.07. The minimum Gasteiger partial charge on any atom is -0.481 e. The number of nitrogens with zero attached hydrogens (tertiary/aromatic N) is 1. The Balaban J connectivity index is 2.54. The molecule has 1 atom stereocenters. The summed E-state index contributed by atoms with van der Waals surface area (Å²) in [5, 5.41) is 11.6. The molecule has 0 spiro atoms. The molecule has 2 amide bonds. The average Bonchev–Trinajstić information content (AvgIpc) is 3.11. The van der Waals surface area contributed by atoms with Gasteiger partial charge in [0.15, 0.2) is 0 Å². The number of aliphatic carboxylic acids is 1. The quantitative estimate of drug-likeness (QED) is 0.645. The first-order chi connectivity index (χ1) is 8.58. The zero-order chi connectivity index (χ0) is 13.5. The Kier molecular flexibility index (Phi) is 5.42. The summed E-state index contributed by atoms with van der Waals surface area (Å²) in [6.45, 7) is 8.02. The lowest BCUT2D eigenvalue weighted by Crippen LogP contribution is -2.46. The number of rotatable bonds is 8. The first-order valence-electron chi connectivity index (χ1n) is 6.07. The summed E-state index contributed by atoms with van der Waals surface area (Å²) in [6.07, 6.45) is 5.22.